The first-order valence-electron chi connectivity index (χ1n) is 7.06. The van der Waals surface area contributed by atoms with E-state index in [1.54, 1.807) is 17.1 Å². The number of hydrogen-bond acceptors (Lipinski definition) is 4. The minimum absolute atomic E-state index is 0.0387. The van der Waals surface area contributed by atoms with Gasteiger partial charge in [-0.1, -0.05) is 6.07 Å². The Labute approximate surface area is 123 Å². The second-order valence-electron chi connectivity index (χ2n) is 5.11. The van der Waals surface area contributed by atoms with E-state index in [4.69, 9.17) is 4.74 Å². The molecule has 2 aromatic rings. The van der Waals surface area contributed by atoms with E-state index in [0.717, 1.165) is 29.8 Å². The SMILES string of the molecule is Cn1nccc1-c1ccc(CNC(=O)[C@@H]2CCCO2)cn1. The Kier molecular flexibility index (Phi) is 3.96. The molecule has 0 aliphatic carbocycles. The number of carbonyl (C=O) groups is 1. The highest BCUT2D eigenvalue weighted by Crippen LogP contribution is 2.16. The first kappa shape index (κ1) is 13.8. The molecule has 0 aromatic carbocycles. The maximum Gasteiger partial charge on any atom is 0.249 e. The fourth-order valence-electron chi connectivity index (χ4n) is 2.39. The lowest BCUT2D eigenvalue weighted by Gasteiger charge is -2.10. The summed E-state index contributed by atoms with van der Waals surface area (Å²) in [7, 11) is 1.88. The molecular weight excluding hydrogens is 268 g/mol. The van der Waals surface area contributed by atoms with Crippen molar-refractivity contribution < 1.29 is 9.53 Å². The van der Waals surface area contributed by atoms with Gasteiger partial charge in [0.2, 0.25) is 5.91 Å². The number of carbonyl (C=O) groups excluding carboxylic acids is 1. The van der Waals surface area contributed by atoms with Gasteiger partial charge in [0.05, 0.1) is 11.4 Å². The highest BCUT2D eigenvalue weighted by molar-refractivity contribution is 5.80. The Bertz CT molecular complexity index is 615. The standard InChI is InChI=1S/C15H18N4O2/c1-19-13(6-7-18-19)12-5-4-11(9-16-12)10-17-15(20)14-3-2-8-21-14/h4-7,9,14H,2-3,8,10H2,1H3,(H,17,20)/t14-/m0/s1. The Morgan fingerprint density at radius 3 is 3.00 bits per heavy atom. The van der Waals surface area contributed by atoms with Crippen LogP contribution in [0.25, 0.3) is 11.4 Å². The topological polar surface area (TPSA) is 69.0 Å². The Balaban J connectivity index is 1.60. The molecule has 2 aromatic heterocycles. The molecule has 6 nitrogen and oxygen atoms in total. The van der Waals surface area contributed by atoms with Gasteiger partial charge in [-0.15, -0.1) is 0 Å². The van der Waals surface area contributed by atoms with Gasteiger partial charge in [-0.25, -0.2) is 0 Å². The maximum atomic E-state index is 11.8. The third-order valence-electron chi connectivity index (χ3n) is 3.60. The summed E-state index contributed by atoms with van der Waals surface area (Å²) >= 11 is 0. The van der Waals surface area contributed by atoms with Crippen LogP contribution in [-0.2, 0) is 23.1 Å². The van der Waals surface area contributed by atoms with Crippen LogP contribution >= 0.6 is 0 Å². The number of aromatic nitrogens is 3. The van der Waals surface area contributed by atoms with Crippen LogP contribution in [0.4, 0.5) is 0 Å². The average Bonchev–Trinajstić information content (AvgIpc) is 3.17. The zero-order valence-electron chi connectivity index (χ0n) is 12.0. The molecule has 1 aliphatic heterocycles. The molecule has 0 spiro atoms. The molecule has 3 rings (SSSR count). The number of pyridine rings is 1. The molecule has 1 fully saturated rings. The van der Waals surface area contributed by atoms with E-state index in [9.17, 15) is 4.79 Å². The zero-order valence-corrected chi connectivity index (χ0v) is 12.0. The molecule has 110 valence electrons. The summed E-state index contributed by atoms with van der Waals surface area (Å²) in [6.07, 6.45) is 5.00. The van der Waals surface area contributed by atoms with Crippen molar-refractivity contribution in [2.24, 2.45) is 7.05 Å². The number of hydrogen-bond donors (Lipinski definition) is 1. The van der Waals surface area contributed by atoms with Crippen molar-refractivity contribution >= 4 is 5.91 Å². The third-order valence-corrected chi connectivity index (χ3v) is 3.60. The van der Waals surface area contributed by atoms with Crippen molar-refractivity contribution in [3.63, 3.8) is 0 Å². The quantitative estimate of drug-likeness (QED) is 0.919. The number of ether oxygens (including phenoxy) is 1. The van der Waals surface area contributed by atoms with E-state index in [1.807, 2.05) is 25.2 Å². The van der Waals surface area contributed by atoms with Crippen molar-refractivity contribution in [2.75, 3.05) is 6.61 Å². The summed E-state index contributed by atoms with van der Waals surface area (Å²) in [5.74, 6) is -0.0387. The summed E-state index contributed by atoms with van der Waals surface area (Å²) < 4.78 is 7.13. The predicted molar refractivity (Wildman–Crippen MR) is 77.3 cm³/mol. The van der Waals surface area contributed by atoms with Gasteiger partial charge in [0.15, 0.2) is 0 Å². The average molecular weight is 286 g/mol. The molecule has 0 radical (unpaired) electrons. The van der Waals surface area contributed by atoms with Crippen LogP contribution in [-0.4, -0.2) is 33.4 Å². The van der Waals surface area contributed by atoms with E-state index < -0.39 is 0 Å². The molecule has 0 bridgehead atoms. The number of rotatable bonds is 4. The first-order valence-corrected chi connectivity index (χ1v) is 7.06. The predicted octanol–water partition coefficient (Wildman–Crippen LogP) is 1.28. The largest absolute Gasteiger partial charge is 0.368 e. The summed E-state index contributed by atoms with van der Waals surface area (Å²) in [5.41, 5.74) is 2.79. The Morgan fingerprint density at radius 1 is 1.48 bits per heavy atom. The van der Waals surface area contributed by atoms with Gasteiger partial charge in [0.1, 0.15) is 6.10 Å². The molecular formula is C15H18N4O2. The van der Waals surface area contributed by atoms with Gasteiger partial charge in [-0.05, 0) is 30.5 Å². The van der Waals surface area contributed by atoms with Crippen molar-refractivity contribution in [3.05, 3.63) is 36.2 Å². The Hall–Kier alpha value is -2.21. The van der Waals surface area contributed by atoms with Gasteiger partial charge in [0.25, 0.3) is 0 Å². The van der Waals surface area contributed by atoms with E-state index in [0.29, 0.717) is 13.2 Å². The van der Waals surface area contributed by atoms with Crippen molar-refractivity contribution in [2.45, 2.75) is 25.5 Å². The molecule has 1 aliphatic rings. The van der Waals surface area contributed by atoms with E-state index >= 15 is 0 Å². The highest BCUT2D eigenvalue weighted by Gasteiger charge is 2.22. The fraction of sp³-hybridized carbons (Fsp3) is 0.400. The summed E-state index contributed by atoms with van der Waals surface area (Å²) in [5, 5.41) is 7.01. The molecule has 21 heavy (non-hydrogen) atoms. The molecule has 0 unspecified atom stereocenters. The number of nitrogens with one attached hydrogen (secondary N) is 1. The van der Waals surface area contributed by atoms with Crippen LogP contribution in [0.3, 0.4) is 0 Å². The zero-order chi connectivity index (χ0) is 14.7. The van der Waals surface area contributed by atoms with Crippen LogP contribution in [0.15, 0.2) is 30.6 Å². The number of aryl methyl sites for hydroxylation is 1. The molecule has 6 heteroatoms. The first-order chi connectivity index (χ1) is 10.2. The molecule has 1 N–H and O–H groups in total. The molecule has 1 amide bonds. The van der Waals surface area contributed by atoms with Crippen molar-refractivity contribution in [1.29, 1.82) is 0 Å². The lowest BCUT2D eigenvalue weighted by Crippen LogP contribution is -2.33. The van der Waals surface area contributed by atoms with Gasteiger partial charge < -0.3 is 10.1 Å². The van der Waals surface area contributed by atoms with Crippen LogP contribution in [0.2, 0.25) is 0 Å². The van der Waals surface area contributed by atoms with Crippen molar-refractivity contribution in [3.8, 4) is 11.4 Å². The van der Waals surface area contributed by atoms with Crippen LogP contribution in [0.5, 0.6) is 0 Å². The summed E-state index contributed by atoms with van der Waals surface area (Å²) in [6, 6.07) is 5.82. The molecule has 3 heterocycles. The van der Waals surface area contributed by atoms with E-state index in [-0.39, 0.29) is 12.0 Å². The van der Waals surface area contributed by atoms with Crippen LogP contribution < -0.4 is 5.32 Å². The summed E-state index contributed by atoms with van der Waals surface area (Å²) in [4.78, 5) is 16.3. The van der Waals surface area contributed by atoms with Gasteiger partial charge in [-0.2, -0.15) is 5.10 Å². The van der Waals surface area contributed by atoms with Gasteiger partial charge in [0, 0.05) is 32.6 Å². The van der Waals surface area contributed by atoms with Gasteiger partial charge >= 0.3 is 0 Å². The molecule has 1 atom stereocenters. The lowest BCUT2D eigenvalue weighted by molar-refractivity contribution is -0.130. The molecule has 0 saturated carbocycles. The smallest absolute Gasteiger partial charge is 0.249 e. The Morgan fingerprint density at radius 2 is 2.38 bits per heavy atom. The second-order valence-corrected chi connectivity index (χ2v) is 5.11. The highest BCUT2D eigenvalue weighted by atomic mass is 16.5. The fourth-order valence-corrected chi connectivity index (χ4v) is 2.39. The minimum Gasteiger partial charge on any atom is -0.368 e. The van der Waals surface area contributed by atoms with Gasteiger partial charge in [-0.3, -0.25) is 14.5 Å². The molecule has 1 saturated heterocycles. The normalized spacial score (nSPS) is 17.9. The maximum absolute atomic E-state index is 11.8. The third kappa shape index (κ3) is 3.11. The van der Waals surface area contributed by atoms with Crippen LogP contribution in [0.1, 0.15) is 18.4 Å². The van der Waals surface area contributed by atoms with E-state index in [1.165, 1.54) is 0 Å². The summed E-state index contributed by atoms with van der Waals surface area (Å²) in [6.45, 7) is 1.15. The van der Waals surface area contributed by atoms with Crippen LogP contribution in [0, 0.1) is 0 Å². The number of amides is 1. The second kappa shape index (κ2) is 6.05. The van der Waals surface area contributed by atoms with E-state index in [2.05, 4.69) is 15.4 Å². The van der Waals surface area contributed by atoms with Crippen molar-refractivity contribution in [1.82, 2.24) is 20.1 Å². The monoisotopic (exact) mass is 286 g/mol. The lowest BCUT2D eigenvalue weighted by atomic mass is 10.2. The minimum atomic E-state index is -0.285. The number of nitrogens with zero attached hydrogens (tertiary/aromatic N) is 3.